The number of alkyl halides is 2. The molecule has 3 amide bonds. The molecule has 7 nitrogen and oxygen atoms in total. The predicted octanol–water partition coefficient (Wildman–Crippen LogP) is 4.25. The molecule has 0 aliphatic carbocycles. The first-order valence-electron chi connectivity index (χ1n) is 13.0. The van der Waals surface area contributed by atoms with Gasteiger partial charge in [0.2, 0.25) is 5.91 Å². The van der Waals surface area contributed by atoms with Crippen LogP contribution in [0.2, 0.25) is 0 Å². The first kappa shape index (κ1) is 27.1. The topological polar surface area (TPSA) is 79.0 Å². The van der Waals surface area contributed by atoms with Crippen LogP contribution in [0.25, 0.3) is 0 Å². The Labute approximate surface area is 223 Å². The molecule has 208 valence electrons. The number of rotatable bonds is 5. The van der Waals surface area contributed by atoms with E-state index in [-0.39, 0.29) is 41.5 Å². The summed E-state index contributed by atoms with van der Waals surface area (Å²) < 4.78 is 64.7. The second-order valence-corrected chi connectivity index (χ2v) is 10.4. The summed E-state index contributed by atoms with van der Waals surface area (Å²) in [5.41, 5.74) is -0.964. The van der Waals surface area contributed by atoms with Crippen LogP contribution in [0.1, 0.15) is 47.2 Å². The van der Waals surface area contributed by atoms with Crippen molar-refractivity contribution in [1.82, 2.24) is 9.80 Å². The molecule has 3 atom stereocenters. The number of amides is 3. The molecule has 0 radical (unpaired) electrons. The quantitative estimate of drug-likeness (QED) is 0.568. The van der Waals surface area contributed by atoms with Crippen molar-refractivity contribution in [3.63, 3.8) is 0 Å². The van der Waals surface area contributed by atoms with Crippen LogP contribution in [0, 0.1) is 24.5 Å². The maximum Gasteiger partial charge on any atom is 0.352 e. The van der Waals surface area contributed by atoms with Crippen molar-refractivity contribution in [2.24, 2.45) is 5.92 Å². The van der Waals surface area contributed by atoms with Crippen LogP contribution in [0.4, 0.5) is 23.2 Å². The number of hydrogen-bond donors (Lipinski definition) is 1. The first-order chi connectivity index (χ1) is 18.6. The summed E-state index contributed by atoms with van der Waals surface area (Å²) in [7, 11) is 0. The predicted molar refractivity (Wildman–Crippen MR) is 133 cm³/mol. The van der Waals surface area contributed by atoms with Crippen LogP contribution >= 0.6 is 0 Å². The number of morpholine rings is 1. The molecule has 3 saturated heterocycles. The molecule has 0 aromatic heterocycles. The van der Waals surface area contributed by atoms with Crippen LogP contribution in [-0.4, -0.2) is 65.9 Å². The highest BCUT2D eigenvalue weighted by Gasteiger charge is 2.54. The summed E-state index contributed by atoms with van der Waals surface area (Å²) in [6, 6.07) is 5.18. The third kappa shape index (κ3) is 5.24. The number of carbonyl (C=O) groups is 3. The summed E-state index contributed by atoms with van der Waals surface area (Å²) >= 11 is 0. The minimum Gasteiger partial charge on any atom is -0.378 e. The zero-order chi connectivity index (χ0) is 27.9. The Hall–Kier alpha value is -3.47. The first-order valence-corrected chi connectivity index (χ1v) is 13.0. The number of aryl methyl sites for hydroxylation is 1. The average molecular weight is 548 g/mol. The van der Waals surface area contributed by atoms with E-state index in [9.17, 15) is 23.2 Å². The van der Waals surface area contributed by atoms with E-state index in [4.69, 9.17) is 4.74 Å². The fourth-order valence-electron chi connectivity index (χ4n) is 5.86. The van der Waals surface area contributed by atoms with Crippen molar-refractivity contribution < 1.29 is 36.7 Å². The molecular weight excluding hydrogens is 518 g/mol. The Bertz CT molecular complexity index is 1280. The second-order valence-electron chi connectivity index (χ2n) is 10.4. The standard InChI is InChI=1S/C28H29F4N3O4/c1-16-12-19(3-7-23(16)29)33-25(36)17-2-6-24(30)22(15-17)28(31,32)27(38)35-20-4-5-21(35)14-18(13-20)26(37)34-8-10-39-11-9-34/h2-3,6-7,12,15,18,20-21H,4-5,8-11,13-14H2,1H3,(H,33,36)/t18?,20-,21+. The van der Waals surface area contributed by atoms with Gasteiger partial charge in [0.05, 0.1) is 18.8 Å². The second kappa shape index (κ2) is 10.6. The lowest BCUT2D eigenvalue weighted by Crippen LogP contribution is -2.54. The molecule has 1 N–H and O–H groups in total. The molecule has 2 aromatic carbocycles. The van der Waals surface area contributed by atoms with E-state index in [0.29, 0.717) is 45.2 Å². The lowest BCUT2D eigenvalue weighted by molar-refractivity contribution is -0.166. The maximum absolute atomic E-state index is 15.6. The lowest BCUT2D eigenvalue weighted by Gasteiger charge is -2.41. The van der Waals surface area contributed by atoms with E-state index in [1.54, 1.807) is 4.90 Å². The van der Waals surface area contributed by atoms with Crippen LogP contribution in [0.5, 0.6) is 0 Å². The number of nitrogens with one attached hydrogen (secondary N) is 1. The Kier molecular flexibility index (Phi) is 7.37. The molecular formula is C28H29F4N3O4. The van der Waals surface area contributed by atoms with E-state index in [2.05, 4.69) is 5.32 Å². The molecule has 2 aromatic rings. The Balaban J connectivity index is 1.32. The van der Waals surface area contributed by atoms with Crippen LogP contribution in [-0.2, 0) is 20.2 Å². The smallest absolute Gasteiger partial charge is 0.352 e. The zero-order valence-electron chi connectivity index (χ0n) is 21.4. The summed E-state index contributed by atoms with van der Waals surface area (Å²) in [6.45, 7) is 3.37. The maximum atomic E-state index is 15.6. The summed E-state index contributed by atoms with van der Waals surface area (Å²) in [5.74, 6) is -8.77. The van der Waals surface area contributed by atoms with Gasteiger partial charge in [0.1, 0.15) is 11.6 Å². The van der Waals surface area contributed by atoms with Gasteiger partial charge in [-0.3, -0.25) is 14.4 Å². The zero-order valence-corrected chi connectivity index (χ0v) is 21.4. The minimum absolute atomic E-state index is 0.0461. The highest BCUT2D eigenvalue weighted by atomic mass is 19.3. The molecule has 3 aliphatic heterocycles. The SMILES string of the molecule is Cc1cc(NC(=O)c2ccc(F)c(C(F)(F)C(=O)N3[C@@H]4CC[C@H]3CC(C(=O)N3CCOCC3)C4)c2)ccc1F. The largest absolute Gasteiger partial charge is 0.378 e. The number of fused-ring (bicyclic) bond motifs is 2. The monoisotopic (exact) mass is 547 g/mol. The van der Waals surface area contributed by atoms with Gasteiger partial charge in [-0.25, -0.2) is 8.78 Å². The summed E-state index contributed by atoms with van der Waals surface area (Å²) in [5, 5.41) is 2.47. The normalized spacial score (nSPS) is 23.1. The Morgan fingerprint density at radius 3 is 2.23 bits per heavy atom. The molecule has 0 saturated carbocycles. The molecule has 3 aliphatic rings. The van der Waals surface area contributed by atoms with Gasteiger partial charge in [0.15, 0.2) is 0 Å². The van der Waals surface area contributed by atoms with E-state index in [1.165, 1.54) is 19.1 Å². The van der Waals surface area contributed by atoms with Crippen molar-refractivity contribution >= 4 is 23.4 Å². The number of hydrogen-bond acceptors (Lipinski definition) is 4. The van der Waals surface area contributed by atoms with Crippen molar-refractivity contribution in [2.45, 2.75) is 50.6 Å². The van der Waals surface area contributed by atoms with Gasteiger partial charge in [0, 0.05) is 42.3 Å². The highest BCUT2D eigenvalue weighted by Crippen LogP contribution is 2.43. The molecule has 1 unspecified atom stereocenters. The Morgan fingerprint density at radius 2 is 1.59 bits per heavy atom. The fourth-order valence-corrected chi connectivity index (χ4v) is 5.86. The number of anilines is 1. The van der Waals surface area contributed by atoms with Crippen LogP contribution in [0.3, 0.4) is 0 Å². The van der Waals surface area contributed by atoms with Gasteiger partial charge in [-0.1, -0.05) is 0 Å². The highest BCUT2D eigenvalue weighted by molar-refractivity contribution is 6.04. The summed E-state index contributed by atoms with van der Waals surface area (Å²) in [4.78, 5) is 41.8. The molecule has 0 spiro atoms. The lowest BCUT2D eigenvalue weighted by atomic mass is 9.88. The van der Waals surface area contributed by atoms with Gasteiger partial charge in [-0.15, -0.1) is 0 Å². The number of carbonyl (C=O) groups excluding carboxylic acids is 3. The van der Waals surface area contributed by atoms with Crippen molar-refractivity contribution in [1.29, 1.82) is 0 Å². The number of ether oxygens (including phenoxy) is 1. The molecule has 3 fully saturated rings. The third-order valence-electron chi connectivity index (χ3n) is 7.89. The van der Waals surface area contributed by atoms with Gasteiger partial charge in [-0.05, 0) is 74.6 Å². The van der Waals surface area contributed by atoms with Crippen LogP contribution < -0.4 is 5.32 Å². The molecule has 3 heterocycles. The van der Waals surface area contributed by atoms with E-state index >= 15 is 8.78 Å². The molecule has 2 bridgehead atoms. The van der Waals surface area contributed by atoms with Crippen molar-refractivity contribution in [3.8, 4) is 0 Å². The number of halogens is 4. The Morgan fingerprint density at radius 1 is 0.949 bits per heavy atom. The molecule has 5 rings (SSSR count). The van der Waals surface area contributed by atoms with E-state index in [0.717, 1.165) is 23.1 Å². The van der Waals surface area contributed by atoms with Crippen LogP contribution in [0.15, 0.2) is 36.4 Å². The average Bonchev–Trinajstić information content (AvgIpc) is 3.18. The fraction of sp³-hybridized carbons (Fsp3) is 0.464. The molecule has 11 heteroatoms. The van der Waals surface area contributed by atoms with Gasteiger partial charge < -0.3 is 19.9 Å². The number of benzene rings is 2. The molecule has 39 heavy (non-hydrogen) atoms. The third-order valence-corrected chi connectivity index (χ3v) is 7.89. The van der Waals surface area contributed by atoms with Gasteiger partial charge >= 0.3 is 5.92 Å². The minimum atomic E-state index is -4.23. The number of nitrogens with zero attached hydrogens (tertiary/aromatic N) is 2. The summed E-state index contributed by atoms with van der Waals surface area (Å²) in [6.07, 6.45) is 1.52. The van der Waals surface area contributed by atoms with Gasteiger partial charge in [0.25, 0.3) is 11.8 Å². The van der Waals surface area contributed by atoms with E-state index < -0.39 is 47.0 Å². The van der Waals surface area contributed by atoms with Crippen molar-refractivity contribution in [2.75, 3.05) is 31.6 Å². The van der Waals surface area contributed by atoms with Gasteiger partial charge in [-0.2, -0.15) is 8.78 Å². The number of piperidine rings is 1. The van der Waals surface area contributed by atoms with Crippen molar-refractivity contribution in [3.05, 3.63) is 64.7 Å². The van der Waals surface area contributed by atoms with E-state index in [1.807, 2.05) is 0 Å².